The monoisotopic (exact) mass is 292 g/mol. The number of rotatable bonds is 16. The van der Waals surface area contributed by atoms with Crippen molar-refractivity contribution < 1.29 is 0 Å². The fourth-order valence-electron chi connectivity index (χ4n) is 2.62. The zero-order chi connectivity index (χ0) is 15.4. The van der Waals surface area contributed by atoms with Crippen LogP contribution < -0.4 is 0 Å². The molecule has 0 aromatic carbocycles. The summed E-state index contributed by atoms with van der Waals surface area (Å²) in [7, 11) is 0. The lowest BCUT2D eigenvalue weighted by Crippen LogP contribution is -1.83. The third-order valence-electron chi connectivity index (χ3n) is 3.97. The molecule has 0 amide bonds. The molecule has 122 valence electrons. The summed E-state index contributed by atoms with van der Waals surface area (Å²) < 4.78 is 0. The molecule has 0 unspecified atom stereocenters. The largest absolute Gasteiger partial charge is 0.241 e. The van der Waals surface area contributed by atoms with Gasteiger partial charge in [-0.15, -0.1) is 0 Å². The molecule has 0 aromatic heterocycles. The van der Waals surface area contributed by atoms with Gasteiger partial charge in [0.2, 0.25) is 0 Å². The van der Waals surface area contributed by atoms with E-state index in [1.165, 1.54) is 89.9 Å². The highest BCUT2D eigenvalue weighted by molar-refractivity contribution is 5.37. The Bertz CT molecular complexity index is 265. The van der Waals surface area contributed by atoms with Crippen molar-refractivity contribution in [3.8, 4) is 0 Å². The number of allylic oxidation sites excluding steroid dienone is 1. The molecule has 0 aliphatic carbocycles. The minimum Gasteiger partial charge on any atom is -0.241 e. The van der Waals surface area contributed by atoms with E-state index in [2.05, 4.69) is 11.9 Å². The minimum absolute atomic E-state index is 1.09. The molecule has 0 aromatic rings. The SMILES string of the molecule is CCCCCCCCCCCCCCCCC=CN=C=N. The van der Waals surface area contributed by atoms with E-state index >= 15 is 0 Å². The molecular weight excluding hydrogens is 256 g/mol. The molecule has 0 fully saturated rings. The van der Waals surface area contributed by atoms with Crippen LogP contribution in [0.3, 0.4) is 0 Å². The molecular formula is C19H36N2. The van der Waals surface area contributed by atoms with Crippen LogP contribution in [0.4, 0.5) is 0 Å². The van der Waals surface area contributed by atoms with Gasteiger partial charge in [-0.05, 0) is 12.8 Å². The Morgan fingerprint density at radius 3 is 1.57 bits per heavy atom. The molecule has 0 bridgehead atoms. The number of nitrogens with zero attached hydrogens (tertiary/aromatic N) is 1. The van der Waals surface area contributed by atoms with Gasteiger partial charge in [0.15, 0.2) is 0 Å². The summed E-state index contributed by atoms with van der Waals surface area (Å²) in [5.41, 5.74) is 0. The van der Waals surface area contributed by atoms with Crippen molar-refractivity contribution in [2.45, 2.75) is 103 Å². The smallest absolute Gasteiger partial charge is 0.0911 e. The molecule has 0 radical (unpaired) electrons. The van der Waals surface area contributed by atoms with Crippen molar-refractivity contribution in [3.63, 3.8) is 0 Å². The molecule has 0 heterocycles. The predicted octanol–water partition coefficient (Wildman–Crippen LogP) is 7.12. The molecule has 21 heavy (non-hydrogen) atoms. The zero-order valence-electron chi connectivity index (χ0n) is 14.2. The lowest BCUT2D eigenvalue weighted by atomic mass is 10.0. The highest BCUT2D eigenvalue weighted by atomic mass is 14.7. The standard InChI is InChI=1S/C19H36N2/c1-2-3-4-5-6-7-8-9-10-11-12-13-14-15-16-17-18-21-19-20/h17-18,20H,2-16H2,1H3. The number of nitrogens with one attached hydrogen (secondary N) is 1. The van der Waals surface area contributed by atoms with Crippen molar-refractivity contribution >= 4 is 6.01 Å². The summed E-state index contributed by atoms with van der Waals surface area (Å²) in [5.74, 6) is 0. The van der Waals surface area contributed by atoms with Gasteiger partial charge in [0.1, 0.15) is 0 Å². The number of hydrogen-bond acceptors (Lipinski definition) is 2. The molecule has 0 atom stereocenters. The summed E-state index contributed by atoms with van der Waals surface area (Å²) in [6.45, 7) is 2.28. The first kappa shape index (κ1) is 20.1. The lowest BCUT2D eigenvalue weighted by molar-refractivity contribution is 0.536. The average Bonchev–Trinajstić information content (AvgIpc) is 2.50. The van der Waals surface area contributed by atoms with Crippen LogP contribution in [0.5, 0.6) is 0 Å². The summed E-state index contributed by atoms with van der Waals surface area (Å²) in [6, 6.07) is 2.01. The van der Waals surface area contributed by atoms with E-state index in [-0.39, 0.29) is 0 Å². The van der Waals surface area contributed by atoms with E-state index in [1.54, 1.807) is 6.20 Å². The van der Waals surface area contributed by atoms with Gasteiger partial charge in [0, 0.05) is 6.20 Å². The summed E-state index contributed by atoms with van der Waals surface area (Å²) >= 11 is 0. The van der Waals surface area contributed by atoms with Gasteiger partial charge < -0.3 is 0 Å². The van der Waals surface area contributed by atoms with Crippen LogP contribution in [0.25, 0.3) is 0 Å². The lowest BCUT2D eigenvalue weighted by Gasteiger charge is -2.02. The van der Waals surface area contributed by atoms with Crippen LogP contribution in [0.2, 0.25) is 0 Å². The topological polar surface area (TPSA) is 36.2 Å². The fourth-order valence-corrected chi connectivity index (χ4v) is 2.62. The van der Waals surface area contributed by atoms with Crippen LogP contribution in [0.15, 0.2) is 17.3 Å². The normalized spacial score (nSPS) is 10.9. The second kappa shape index (κ2) is 19.1. The molecule has 0 aliphatic rings. The maximum absolute atomic E-state index is 6.63. The summed E-state index contributed by atoms with van der Waals surface area (Å²) in [5, 5.41) is 6.63. The maximum Gasteiger partial charge on any atom is 0.0911 e. The fraction of sp³-hybridized carbons (Fsp3) is 0.842. The molecule has 0 aliphatic heterocycles. The molecule has 1 N–H and O–H groups in total. The molecule has 0 spiro atoms. The number of aliphatic imine (C=N–C) groups is 1. The number of hydrogen-bond donors (Lipinski definition) is 1. The van der Waals surface area contributed by atoms with E-state index in [4.69, 9.17) is 5.41 Å². The van der Waals surface area contributed by atoms with E-state index < -0.39 is 0 Å². The van der Waals surface area contributed by atoms with Crippen molar-refractivity contribution in [2.75, 3.05) is 0 Å². The van der Waals surface area contributed by atoms with Gasteiger partial charge in [-0.1, -0.05) is 96.5 Å². The Labute approximate surface area is 132 Å². The number of unbranched alkanes of at least 4 members (excludes halogenated alkanes) is 14. The molecule has 2 nitrogen and oxygen atoms in total. The predicted molar refractivity (Wildman–Crippen MR) is 94.2 cm³/mol. The highest BCUT2D eigenvalue weighted by Gasteiger charge is 1.93. The quantitative estimate of drug-likeness (QED) is 0.232. The zero-order valence-corrected chi connectivity index (χ0v) is 14.2. The van der Waals surface area contributed by atoms with Crippen molar-refractivity contribution in [2.24, 2.45) is 4.99 Å². The average molecular weight is 293 g/mol. The van der Waals surface area contributed by atoms with Gasteiger partial charge in [-0.2, -0.15) is 4.99 Å². The third kappa shape index (κ3) is 19.1. The van der Waals surface area contributed by atoms with E-state index in [9.17, 15) is 0 Å². The molecule has 0 saturated heterocycles. The van der Waals surface area contributed by atoms with Gasteiger partial charge in [-0.3, -0.25) is 0 Å². The van der Waals surface area contributed by atoms with Crippen LogP contribution >= 0.6 is 0 Å². The first-order valence-electron chi connectivity index (χ1n) is 9.18. The second-order valence-electron chi connectivity index (χ2n) is 6.01. The highest BCUT2D eigenvalue weighted by Crippen LogP contribution is 2.13. The maximum atomic E-state index is 6.63. The Morgan fingerprint density at radius 1 is 0.714 bits per heavy atom. The van der Waals surface area contributed by atoms with Crippen LogP contribution in [0.1, 0.15) is 103 Å². The summed E-state index contributed by atoms with van der Waals surface area (Å²) in [4.78, 5) is 3.61. The molecule has 2 heteroatoms. The minimum atomic E-state index is 1.09. The van der Waals surface area contributed by atoms with Crippen molar-refractivity contribution in [1.82, 2.24) is 0 Å². The van der Waals surface area contributed by atoms with Gasteiger partial charge >= 0.3 is 0 Å². The van der Waals surface area contributed by atoms with Gasteiger partial charge in [-0.25, -0.2) is 5.41 Å². The van der Waals surface area contributed by atoms with Gasteiger partial charge in [0.25, 0.3) is 0 Å². The first-order valence-corrected chi connectivity index (χ1v) is 9.18. The second-order valence-corrected chi connectivity index (χ2v) is 6.01. The van der Waals surface area contributed by atoms with E-state index in [0.717, 1.165) is 6.42 Å². The molecule has 0 rings (SSSR count). The summed E-state index contributed by atoms with van der Waals surface area (Å²) in [6.07, 6.45) is 24.5. The first-order chi connectivity index (χ1) is 10.4. The Kier molecular flexibility index (Phi) is 18.3. The Hall–Kier alpha value is -0.880. The van der Waals surface area contributed by atoms with Gasteiger partial charge in [0.05, 0.1) is 6.01 Å². The van der Waals surface area contributed by atoms with Crippen molar-refractivity contribution in [3.05, 3.63) is 12.3 Å². The molecule has 0 saturated carbocycles. The Balaban J connectivity index is 3.01. The Morgan fingerprint density at radius 2 is 1.14 bits per heavy atom. The van der Waals surface area contributed by atoms with Crippen LogP contribution in [-0.2, 0) is 0 Å². The van der Waals surface area contributed by atoms with E-state index in [1.807, 2.05) is 12.1 Å². The van der Waals surface area contributed by atoms with Crippen LogP contribution in [-0.4, -0.2) is 6.01 Å². The van der Waals surface area contributed by atoms with Crippen molar-refractivity contribution in [1.29, 1.82) is 5.41 Å². The van der Waals surface area contributed by atoms with Crippen LogP contribution in [0, 0.1) is 5.41 Å². The van der Waals surface area contributed by atoms with E-state index in [0.29, 0.717) is 0 Å². The third-order valence-corrected chi connectivity index (χ3v) is 3.97.